The van der Waals surface area contributed by atoms with Gasteiger partial charge in [-0.25, -0.2) is 28.6 Å². The summed E-state index contributed by atoms with van der Waals surface area (Å²) in [6, 6.07) is 7.56. The second kappa shape index (κ2) is 19.8. The molecule has 0 radical (unpaired) electrons. The van der Waals surface area contributed by atoms with E-state index in [0.717, 1.165) is 28.5 Å². The first-order valence-corrected chi connectivity index (χ1v) is 22.1. The third-order valence-electron chi connectivity index (χ3n) is 8.18. The molecule has 2 aliphatic rings. The highest BCUT2D eigenvalue weighted by atomic mass is 32.1. The van der Waals surface area contributed by atoms with Gasteiger partial charge >= 0.3 is 23.5 Å². The Kier molecular flexibility index (Phi) is 16.1. The molecule has 29 heteroatoms. The van der Waals surface area contributed by atoms with Crippen molar-refractivity contribution >= 4 is 76.4 Å². The van der Waals surface area contributed by atoms with E-state index in [2.05, 4.69) is 52.4 Å². The molecule has 3 aromatic rings. The number of carbonyl (C=O) groups excluding carboxylic acids is 3. The summed E-state index contributed by atoms with van der Waals surface area (Å²) in [6.45, 7) is 1.18. The number of nitrogens with two attached hydrogens (primary N) is 1. The number of carbonyl (C=O) groups is 3. The number of benzene rings is 1. The minimum Gasteiger partial charge on any atom is -0.386 e. The van der Waals surface area contributed by atoms with E-state index in [1.165, 1.54) is 13.8 Å². The lowest BCUT2D eigenvalue weighted by molar-refractivity contribution is -0.137. The smallest absolute Gasteiger partial charge is 0.386 e. The fraction of sp³-hybridized carbons (Fsp3) is 0.517. The fourth-order valence-electron chi connectivity index (χ4n) is 5.29. The number of amides is 2. The SMILES string of the molecule is CC(C)(COP(=O)(O)OP(=O)(O)OC[C@H]1O[C@@H](n2cnc3c(N)ncnc32)[C@H](O)[C@@H]1OP(=O)(O)O)[C@@H](O)C(=O)NCCC(=O)NCCS.O=C1CNc2ccccc21. The first-order chi connectivity index (χ1) is 27.0. The maximum absolute atomic E-state index is 12.6. The zero-order chi connectivity index (χ0) is 43.1. The van der Waals surface area contributed by atoms with Crippen molar-refractivity contribution < 1.29 is 80.5 Å². The number of anilines is 2. The van der Waals surface area contributed by atoms with Crippen LogP contribution >= 0.6 is 36.1 Å². The molecule has 1 fully saturated rings. The van der Waals surface area contributed by atoms with Crippen LogP contribution < -0.4 is 21.7 Å². The Hall–Kier alpha value is -3.42. The third-order valence-corrected chi connectivity index (χ3v) is 11.5. The summed E-state index contributed by atoms with van der Waals surface area (Å²) < 4.78 is 61.7. The number of para-hydroxylation sites is 1. The van der Waals surface area contributed by atoms with Gasteiger partial charge in [-0.1, -0.05) is 26.0 Å². The van der Waals surface area contributed by atoms with Crippen LogP contribution in [0.2, 0.25) is 0 Å². The summed E-state index contributed by atoms with van der Waals surface area (Å²) in [5.74, 6) is -0.753. The van der Waals surface area contributed by atoms with E-state index in [4.69, 9.17) is 19.5 Å². The highest BCUT2D eigenvalue weighted by Gasteiger charge is 2.50. The first-order valence-electron chi connectivity index (χ1n) is 16.9. The van der Waals surface area contributed by atoms with Gasteiger partial charge in [0.2, 0.25) is 11.8 Å². The van der Waals surface area contributed by atoms with Gasteiger partial charge in [0.1, 0.15) is 36.3 Å². The average molecular weight is 901 g/mol. The number of aliphatic hydroxyl groups is 2. The van der Waals surface area contributed by atoms with Gasteiger partial charge in [-0.05, 0) is 12.1 Å². The number of hydrogen-bond donors (Lipinski definition) is 11. The van der Waals surface area contributed by atoms with E-state index in [1.807, 2.05) is 24.3 Å². The number of ether oxygens (including phenoxy) is 1. The predicted molar refractivity (Wildman–Crippen MR) is 203 cm³/mol. The third kappa shape index (κ3) is 13.0. The van der Waals surface area contributed by atoms with Gasteiger partial charge in [0.15, 0.2) is 23.5 Å². The summed E-state index contributed by atoms with van der Waals surface area (Å²) in [5.41, 5.74) is 6.09. The van der Waals surface area contributed by atoms with Crippen molar-refractivity contribution in [2.75, 3.05) is 49.7 Å². The van der Waals surface area contributed by atoms with Crippen LogP contribution in [0.25, 0.3) is 11.2 Å². The molecule has 11 N–H and O–H groups in total. The number of rotatable bonds is 18. The second-order valence-corrected chi connectivity index (χ2v) is 17.8. The molecule has 1 saturated heterocycles. The van der Waals surface area contributed by atoms with E-state index in [1.54, 1.807) is 0 Å². The first kappa shape index (κ1) is 47.3. The largest absolute Gasteiger partial charge is 0.481 e. The van der Waals surface area contributed by atoms with E-state index >= 15 is 0 Å². The number of hydrogen-bond acceptors (Lipinski definition) is 19. The number of aromatic nitrogens is 4. The summed E-state index contributed by atoms with van der Waals surface area (Å²) >= 11 is 3.95. The van der Waals surface area contributed by atoms with Crippen molar-refractivity contribution in [1.82, 2.24) is 30.2 Å². The minimum atomic E-state index is -5.54. The number of aliphatic hydroxyl groups excluding tert-OH is 2. The van der Waals surface area contributed by atoms with Crippen LogP contribution in [0.4, 0.5) is 11.5 Å². The second-order valence-electron chi connectivity index (χ2n) is 13.1. The molecule has 2 aliphatic heterocycles. The summed E-state index contributed by atoms with van der Waals surface area (Å²) in [4.78, 5) is 85.6. The lowest BCUT2D eigenvalue weighted by Gasteiger charge is -2.30. The van der Waals surface area contributed by atoms with Gasteiger partial charge in [-0.15, -0.1) is 0 Å². The van der Waals surface area contributed by atoms with Gasteiger partial charge in [0.25, 0.3) is 0 Å². The molecule has 322 valence electrons. The summed E-state index contributed by atoms with van der Waals surface area (Å²) in [7, 11) is -16.3. The topological polar surface area (TPSA) is 376 Å². The quantitative estimate of drug-likeness (QED) is 0.0573. The monoisotopic (exact) mass is 900 g/mol. The molecule has 0 spiro atoms. The number of thiol groups is 1. The molecule has 2 aromatic heterocycles. The molecule has 0 aliphatic carbocycles. The number of nitrogens with one attached hydrogen (secondary N) is 3. The van der Waals surface area contributed by atoms with Crippen molar-refractivity contribution in [3.05, 3.63) is 42.5 Å². The van der Waals surface area contributed by atoms with E-state index in [-0.39, 0.29) is 41.6 Å². The zero-order valence-corrected chi connectivity index (χ0v) is 34.2. The van der Waals surface area contributed by atoms with Crippen LogP contribution in [0, 0.1) is 5.41 Å². The molecule has 5 rings (SSSR count). The Morgan fingerprint density at radius 2 is 1.78 bits per heavy atom. The van der Waals surface area contributed by atoms with Crippen LogP contribution in [0.15, 0.2) is 36.9 Å². The van der Waals surface area contributed by atoms with Gasteiger partial charge in [-0.2, -0.15) is 16.9 Å². The van der Waals surface area contributed by atoms with Crippen molar-refractivity contribution in [1.29, 1.82) is 0 Å². The Bertz CT molecular complexity index is 2090. The Labute approximate surface area is 334 Å². The van der Waals surface area contributed by atoms with Gasteiger partial charge in [-0.3, -0.25) is 32.5 Å². The number of ketones is 1. The number of fused-ring (bicyclic) bond motifs is 2. The van der Waals surface area contributed by atoms with Crippen molar-refractivity contribution in [2.45, 2.75) is 50.9 Å². The highest BCUT2D eigenvalue weighted by molar-refractivity contribution is 7.80. The van der Waals surface area contributed by atoms with Gasteiger partial charge in [0.05, 0.1) is 26.1 Å². The Morgan fingerprint density at radius 3 is 2.45 bits per heavy atom. The molecule has 7 atom stereocenters. The number of nitrogen functional groups attached to an aromatic ring is 1. The van der Waals surface area contributed by atoms with Gasteiger partial charge < -0.3 is 56.2 Å². The molecular formula is C29H43N8O17P3S. The number of phosphoric ester groups is 3. The summed E-state index contributed by atoms with van der Waals surface area (Å²) in [6.07, 6.45) is -6.74. The van der Waals surface area contributed by atoms with Crippen LogP contribution in [0.5, 0.6) is 0 Å². The molecule has 0 bridgehead atoms. The van der Waals surface area contributed by atoms with E-state index in [9.17, 15) is 57.9 Å². The molecule has 0 saturated carbocycles. The highest BCUT2D eigenvalue weighted by Crippen LogP contribution is 2.61. The zero-order valence-electron chi connectivity index (χ0n) is 30.6. The van der Waals surface area contributed by atoms with Crippen LogP contribution in [0.1, 0.15) is 36.9 Å². The fourth-order valence-corrected chi connectivity index (χ4v) is 8.23. The molecular weight excluding hydrogens is 857 g/mol. The molecule has 4 heterocycles. The molecule has 2 amide bonds. The number of imidazole rings is 1. The standard InChI is InChI=1S/C21H36N7O16P3S.C8H7NO/c1-21(2,16(31)19(32)24-4-3-12(29)23-5-6-48)8-41-47(38,39)44-46(36,37)40-7-11-15(43-45(33,34)35)14(30)20(42-11)28-10-27-13-17(22)25-9-26-18(13)28;10-8-5-9-7-4-2-1-3-6(7)8/h9-11,14-16,20,30-31,48H,3-8H2,1-2H3,(H,23,29)(H,24,32)(H,36,37)(H,38,39)(H2,22,25,26)(H2,33,34,35);1-4,9H,5H2/t11-,14-,15-,16+,20-;/m1./s1. The van der Waals surface area contributed by atoms with E-state index in [0.29, 0.717) is 18.8 Å². The van der Waals surface area contributed by atoms with Crippen molar-refractivity contribution in [2.24, 2.45) is 5.41 Å². The molecule has 25 nitrogen and oxygen atoms in total. The molecule has 58 heavy (non-hydrogen) atoms. The Morgan fingerprint density at radius 1 is 1.09 bits per heavy atom. The maximum atomic E-state index is 12.6. The Balaban J connectivity index is 0.000000638. The van der Waals surface area contributed by atoms with Crippen molar-refractivity contribution in [3.63, 3.8) is 0 Å². The number of nitrogens with zero attached hydrogens (tertiary/aromatic N) is 4. The number of phosphoric acid groups is 3. The van der Waals surface area contributed by atoms with Gasteiger partial charge in [0, 0.05) is 41.9 Å². The predicted octanol–water partition coefficient (Wildman–Crippen LogP) is -0.370. The lowest BCUT2D eigenvalue weighted by atomic mass is 9.87. The van der Waals surface area contributed by atoms with Crippen molar-refractivity contribution in [3.8, 4) is 0 Å². The molecule has 2 unspecified atom stereocenters. The van der Waals surface area contributed by atoms with Crippen LogP contribution in [0.3, 0.4) is 0 Å². The normalized spacial score (nSPS) is 21.8. The van der Waals surface area contributed by atoms with Crippen LogP contribution in [-0.4, -0.2) is 130 Å². The minimum absolute atomic E-state index is 0.0363. The lowest BCUT2D eigenvalue weighted by Crippen LogP contribution is -2.46. The van der Waals surface area contributed by atoms with Crippen LogP contribution in [-0.2, 0) is 45.9 Å². The summed E-state index contributed by atoms with van der Waals surface area (Å²) in [5, 5.41) is 29.1. The maximum Gasteiger partial charge on any atom is 0.481 e. The number of Topliss-reactive ketones (excluding diaryl/α,β-unsaturated/α-hetero) is 1. The molecule has 1 aromatic carbocycles. The average Bonchev–Trinajstić information content (AvgIpc) is 3.83. The van der Waals surface area contributed by atoms with E-state index < -0.39 is 78.6 Å².